The van der Waals surface area contributed by atoms with Crippen LogP contribution in [0.15, 0.2) is 30.7 Å². The molecule has 0 amide bonds. The number of aryl methyl sites for hydroxylation is 1. The van der Waals surface area contributed by atoms with Crippen molar-refractivity contribution in [3.63, 3.8) is 0 Å². The number of nitrogens with zero attached hydrogens (tertiary/aromatic N) is 1. The fraction of sp³-hybridized carbons (Fsp3) is 0.308. The number of methoxy groups -OCH3 is 1. The average Bonchev–Trinajstić information content (AvgIpc) is 2.96. The van der Waals surface area contributed by atoms with Crippen molar-refractivity contribution in [1.29, 1.82) is 0 Å². The van der Waals surface area contributed by atoms with E-state index in [0.717, 1.165) is 18.6 Å². The second-order valence-corrected chi connectivity index (χ2v) is 4.16. The zero-order chi connectivity index (χ0) is 11.0. The summed E-state index contributed by atoms with van der Waals surface area (Å²) in [5.41, 5.74) is 4.02. The van der Waals surface area contributed by atoms with Crippen molar-refractivity contribution in [3.8, 4) is 5.75 Å². The van der Waals surface area contributed by atoms with Gasteiger partial charge in [0.05, 0.1) is 13.4 Å². The molecule has 1 heterocycles. The van der Waals surface area contributed by atoms with Crippen LogP contribution in [0.1, 0.15) is 29.2 Å². The Morgan fingerprint density at radius 3 is 3.12 bits per heavy atom. The molecule has 0 fully saturated rings. The SMILES string of the molecule is COc1ccc2c(c1)CCC2c1cnc[nH]1. The van der Waals surface area contributed by atoms with Gasteiger partial charge in [-0.1, -0.05) is 6.07 Å². The second-order valence-electron chi connectivity index (χ2n) is 4.16. The molecule has 82 valence electrons. The maximum atomic E-state index is 5.25. The molecule has 1 aliphatic carbocycles. The number of H-pyrrole nitrogens is 1. The summed E-state index contributed by atoms with van der Waals surface area (Å²) in [6.45, 7) is 0. The molecule has 1 unspecified atom stereocenters. The summed E-state index contributed by atoms with van der Waals surface area (Å²) < 4.78 is 5.25. The van der Waals surface area contributed by atoms with Gasteiger partial charge in [0.25, 0.3) is 0 Å². The first-order valence-electron chi connectivity index (χ1n) is 5.53. The van der Waals surface area contributed by atoms with Crippen molar-refractivity contribution >= 4 is 0 Å². The maximum absolute atomic E-state index is 5.25. The molecule has 1 aromatic carbocycles. The fourth-order valence-electron chi connectivity index (χ4n) is 2.50. The van der Waals surface area contributed by atoms with E-state index in [-0.39, 0.29) is 0 Å². The highest BCUT2D eigenvalue weighted by atomic mass is 16.5. The molecule has 1 aliphatic rings. The number of imidazole rings is 1. The van der Waals surface area contributed by atoms with Crippen LogP contribution in [0.4, 0.5) is 0 Å². The third-order valence-corrected chi connectivity index (χ3v) is 3.32. The van der Waals surface area contributed by atoms with Crippen molar-refractivity contribution in [2.45, 2.75) is 18.8 Å². The fourth-order valence-corrected chi connectivity index (χ4v) is 2.50. The molecule has 3 heteroatoms. The second kappa shape index (κ2) is 3.67. The number of hydrogen-bond donors (Lipinski definition) is 1. The molecule has 1 atom stereocenters. The Bertz CT molecular complexity index is 491. The minimum atomic E-state index is 0.475. The Kier molecular flexibility index (Phi) is 2.17. The predicted molar refractivity (Wildman–Crippen MR) is 61.7 cm³/mol. The minimum Gasteiger partial charge on any atom is -0.497 e. The molecule has 0 saturated heterocycles. The van der Waals surface area contributed by atoms with Crippen LogP contribution < -0.4 is 4.74 Å². The van der Waals surface area contributed by atoms with Gasteiger partial charge >= 0.3 is 0 Å². The van der Waals surface area contributed by atoms with E-state index in [4.69, 9.17) is 4.74 Å². The van der Waals surface area contributed by atoms with Crippen LogP contribution in [0.2, 0.25) is 0 Å². The Hall–Kier alpha value is -1.77. The van der Waals surface area contributed by atoms with Crippen LogP contribution in [0, 0.1) is 0 Å². The molecule has 3 rings (SSSR count). The van der Waals surface area contributed by atoms with E-state index >= 15 is 0 Å². The third-order valence-electron chi connectivity index (χ3n) is 3.32. The topological polar surface area (TPSA) is 37.9 Å². The Balaban J connectivity index is 2.00. The van der Waals surface area contributed by atoms with Gasteiger partial charge in [-0.3, -0.25) is 0 Å². The number of hydrogen-bond acceptors (Lipinski definition) is 2. The van der Waals surface area contributed by atoms with Gasteiger partial charge in [-0.05, 0) is 36.1 Å². The van der Waals surface area contributed by atoms with E-state index in [1.165, 1.54) is 16.8 Å². The first kappa shape index (κ1) is 9.46. The smallest absolute Gasteiger partial charge is 0.119 e. The van der Waals surface area contributed by atoms with E-state index in [1.807, 2.05) is 12.3 Å². The van der Waals surface area contributed by atoms with Crippen molar-refractivity contribution < 1.29 is 4.74 Å². The van der Waals surface area contributed by atoms with E-state index in [0.29, 0.717) is 5.92 Å². The molecule has 0 spiro atoms. The summed E-state index contributed by atoms with van der Waals surface area (Å²) in [4.78, 5) is 7.30. The third kappa shape index (κ3) is 1.40. The summed E-state index contributed by atoms with van der Waals surface area (Å²) in [6.07, 6.45) is 5.95. The van der Waals surface area contributed by atoms with Crippen LogP contribution in [0.5, 0.6) is 5.75 Å². The van der Waals surface area contributed by atoms with Gasteiger partial charge in [0.15, 0.2) is 0 Å². The lowest BCUT2D eigenvalue weighted by atomic mass is 9.98. The van der Waals surface area contributed by atoms with Crippen LogP contribution in [-0.4, -0.2) is 17.1 Å². The quantitative estimate of drug-likeness (QED) is 0.834. The van der Waals surface area contributed by atoms with Crippen LogP contribution in [-0.2, 0) is 6.42 Å². The number of aromatic amines is 1. The van der Waals surface area contributed by atoms with Gasteiger partial charge in [0.2, 0.25) is 0 Å². The molecule has 0 aliphatic heterocycles. The largest absolute Gasteiger partial charge is 0.497 e. The average molecular weight is 214 g/mol. The summed E-state index contributed by atoms with van der Waals surface area (Å²) in [7, 11) is 1.71. The molecule has 0 bridgehead atoms. The molecule has 2 aromatic rings. The highest BCUT2D eigenvalue weighted by Gasteiger charge is 2.25. The van der Waals surface area contributed by atoms with Gasteiger partial charge in [0, 0.05) is 17.8 Å². The summed E-state index contributed by atoms with van der Waals surface area (Å²) in [5.74, 6) is 1.42. The Labute approximate surface area is 94.5 Å². The molecule has 3 nitrogen and oxygen atoms in total. The van der Waals surface area contributed by atoms with Gasteiger partial charge < -0.3 is 9.72 Å². The summed E-state index contributed by atoms with van der Waals surface area (Å²) >= 11 is 0. The van der Waals surface area contributed by atoms with E-state index in [1.54, 1.807) is 13.4 Å². The monoisotopic (exact) mass is 214 g/mol. The van der Waals surface area contributed by atoms with Crippen molar-refractivity contribution in [2.75, 3.05) is 7.11 Å². The standard InChI is InChI=1S/C13H14N2O/c1-16-10-3-5-11-9(6-10)2-4-12(11)13-7-14-8-15-13/h3,5-8,12H,2,4H2,1H3,(H,14,15). The summed E-state index contributed by atoms with van der Waals surface area (Å²) in [5, 5.41) is 0. The van der Waals surface area contributed by atoms with E-state index < -0.39 is 0 Å². The van der Waals surface area contributed by atoms with E-state index in [9.17, 15) is 0 Å². The zero-order valence-corrected chi connectivity index (χ0v) is 9.23. The molecular formula is C13H14N2O. The maximum Gasteiger partial charge on any atom is 0.119 e. The normalized spacial score (nSPS) is 18.4. The van der Waals surface area contributed by atoms with Crippen molar-refractivity contribution in [2.24, 2.45) is 0 Å². The van der Waals surface area contributed by atoms with Crippen LogP contribution in [0.3, 0.4) is 0 Å². The molecule has 0 radical (unpaired) electrons. The molecule has 0 saturated carbocycles. The number of benzene rings is 1. The Morgan fingerprint density at radius 2 is 2.38 bits per heavy atom. The predicted octanol–water partition coefficient (Wildman–Crippen LogP) is 2.50. The first-order valence-corrected chi connectivity index (χ1v) is 5.53. The number of aromatic nitrogens is 2. The molecule has 16 heavy (non-hydrogen) atoms. The minimum absolute atomic E-state index is 0.475. The lowest BCUT2D eigenvalue weighted by Crippen LogP contribution is -1.96. The molecule has 1 N–H and O–H groups in total. The highest BCUT2D eigenvalue weighted by molar-refractivity contribution is 5.44. The summed E-state index contributed by atoms with van der Waals surface area (Å²) in [6, 6.07) is 6.35. The number of rotatable bonds is 2. The lowest BCUT2D eigenvalue weighted by molar-refractivity contribution is 0.414. The first-order chi connectivity index (χ1) is 7.88. The van der Waals surface area contributed by atoms with Crippen LogP contribution >= 0.6 is 0 Å². The number of fused-ring (bicyclic) bond motifs is 1. The van der Waals surface area contributed by atoms with E-state index in [2.05, 4.69) is 22.1 Å². The molecular weight excluding hydrogens is 200 g/mol. The molecule has 1 aromatic heterocycles. The number of ether oxygens (including phenoxy) is 1. The van der Waals surface area contributed by atoms with Crippen LogP contribution in [0.25, 0.3) is 0 Å². The zero-order valence-electron chi connectivity index (χ0n) is 9.23. The highest BCUT2D eigenvalue weighted by Crippen LogP contribution is 2.38. The number of nitrogens with one attached hydrogen (secondary N) is 1. The Morgan fingerprint density at radius 1 is 1.44 bits per heavy atom. The van der Waals surface area contributed by atoms with Crippen molar-refractivity contribution in [1.82, 2.24) is 9.97 Å². The van der Waals surface area contributed by atoms with Gasteiger partial charge in [-0.15, -0.1) is 0 Å². The lowest BCUT2D eigenvalue weighted by Gasteiger charge is -2.09. The van der Waals surface area contributed by atoms with Gasteiger partial charge in [-0.25, -0.2) is 4.98 Å². The van der Waals surface area contributed by atoms with Crippen molar-refractivity contribution in [3.05, 3.63) is 47.5 Å². The van der Waals surface area contributed by atoms with Gasteiger partial charge in [0.1, 0.15) is 5.75 Å². The van der Waals surface area contributed by atoms with Gasteiger partial charge in [-0.2, -0.15) is 0 Å².